The molecule has 1 aromatic heterocycles. The molecule has 0 atom stereocenters. The fraction of sp³-hybridized carbons (Fsp3) is 0.143. The maximum atomic E-state index is 9.12. The summed E-state index contributed by atoms with van der Waals surface area (Å²) in [5.74, 6) is 0. The largest absolute Gasteiger partial charge is 0.362 e. The fourth-order valence-electron chi connectivity index (χ4n) is 1.51. The van der Waals surface area contributed by atoms with Gasteiger partial charge in [0.1, 0.15) is 16.7 Å². The van der Waals surface area contributed by atoms with E-state index in [0.29, 0.717) is 5.56 Å². The van der Waals surface area contributed by atoms with Crippen molar-refractivity contribution in [1.82, 2.24) is 4.37 Å². The lowest BCUT2D eigenvalue weighted by Gasteiger charge is -2.00. The monoisotopic (exact) mass is 287 g/mol. The number of anilines is 1. The maximum Gasteiger partial charge on any atom is 0.128 e. The van der Waals surface area contributed by atoms with Crippen molar-refractivity contribution in [3.05, 3.63) is 46.5 Å². The molecule has 0 fully saturated rings. The van der Waals surface area contributed by atoms with Crippen molar-refractivity contribution in [2.75, 3.05) is 11.6 Å². The van der Waals surface area contributed by atoms with Gasteiger partial charge in [-0.1, -0.05) is 17.7 Å². The van der Waals surface area contributed by atoms with Gasteiger partial charge in [-0.05, 0) is 42.9 Å². The fourth-order valence-corrected chi connectivity index (χ4v) is 2.98. The first-order valence-electron chi connectivity index (χ1n) is 5.68. The molecule has 0 aliphatic rings. The number of benzene rings is 1. The van der Waals surface area contributed by atoms with Crippen molar-refractivity contribution in [1.29, 1.82) is 5.26 Å². The van der Waals surface area contributed by atoms with Gasteiger partial charge in [0, 0.05) is 11.9 Å². The quantitative estimate of drug-likeness (QED) is 0.859. The average Bonchev–Trinajstić information content (AvgIpc) is 2.83. The molecule has 0 aliphatic heterocycles. The molecule has 1 N–H and O–H groups in total. The van der Waals surface area contributed by atoms with E-state index >= 15 is 0 Å². The van der Waals surface area contributed by atoms with Crippen LogP contribution >= 0.6 is 23.3 Å². The van der Waals surface area contributed by atoms with Crippen LogP contribution < -0.4 is 5.32 Å². The lowest BCUT2D eigenvalue weighted by Crippen LogP contribution is -1.86. The van der Waals surface area contributed by atoms with Gasteiger partial charge in [-0.15, -0.1) is 11.8 Å². The van der Waals surface area contributed by atoms with Gasteiger partial charge in [0.05, 0.1) is 4.88 Å². The van der Waals surface area contributed by atoms with E-state index in [-0.39, 0.29) is 0 Å². The van der Waals surface area contributed by atoms with Crippen LogP contribution in [0.15, 0.2) is 35.5 Å². The average molecular weight is 287 g/mol. The molecule has 0 spiro atoms. The van der Waals surface area contributed by atoms with Crippen molar-refractivity contribution >= 4 is 35.1 Å². The van der Waals surface area contributed by atoms with Crippen LogP contribution in [-0.4, -0.2) is 10.6 Å². The zero-order valence-electron chi connectivity index (χ0n) is 10.7. The number of thioether (sulfide) groups is 1. The molecule has 0 amide bonds. The summed E-state index contributed by atoms with van der Waals surface area (Å²) < 4.78 is 4.25. The van der Waals surface area contributed by atoms with Crippen molar-refractivity contribution in [3.8, 4) is 6.07 Å². The van der Waals surface area contributed by atoms with Gasteiger partial charge in [-0.2, -0.15) is 9.64 Å². The molecule has 19 heavy (non-hydrogen) atoms. The molecule has 2 aromatic rings. The van der Waals surface area contributed by atoms with Crippen LogP contribution in [0.4, 0.5) is 5.69 Å². The van der Waals surface area contributed by atoms with Gasteiger partial charge in [0.25, 0.3) is 0 Å². The molecule has 1 heterocycles. The number of hydrogen-bond acceptors (Lipinski definition) is 5. The second-order valence-electron chi connectivity index (χ2n) is 3.89. The molecule has 0 aliphatic carbocycles. The van der Waals surface area contributed by atoms with Gasteiger partial charge in [-0.25, -0.2) is 0 Å². The molecule has 5 heteroatoms. The van der Waals surface area contributed by atoms with E-state index in [1.54, 1.807) is 0 Å². The summed E-state index contributed by atoms with van der Waals surface area (Å²) in [6.07, 6.45) is 5.65. The van der Waals surface area contributed by atoms with Crippen molar-refractivity contribution < 1.29 is 0 Å². The third-order valence-electron chi connectivity index (χ3n) is 2.53. The Balaban J connectivity index is 2.09. The van der Waals surface area contributed by atoms with Crippen molar-refractivity contribution in [3.63, 3.8) is 0 Å². The minimum absolute atomic E-state index is 0.652. The first-order chi connectivity index (χ1) is 9.24. The van der Waals surface area contributed by atoms with Gasteiger partial charge in [0.15, 0.2) is 0 Å². The predicted molar refractivity (Wildman–Crippen MR) is 82.4 cm³/mol. The van der Waals surface area contributed by atoms with E-state index < -0.39 is 0 Å². The number of aryl methyl sites for hydroxylation is 1. The lowest BCUT2D eigenvalue weighted by atomic mass is 10.2. The Labute approximate surface area is 121 Å². The van der Waals surface area contributed by atoms with E-state index in [0.717, 1.165) is 15.6 Å². The van der Waals surface area contributed by atoms with Crippen LogP contribution in [0.2, 0.25) is 0 Å². The number of nitrogens with one attached hydrogen (secondary N) is 1. The highest BCUT2D eigenvalue weighted by Crippen LogP contribution is 2.26. The lowest BCUT2D eigenvalue weighted by molar-refractivity contribution is 1.25. The normalized spacial score (nSPS) is 10.6. The molecule has 0 unspecified atom stereocenters. The zero-order valence-corrected chi connectivity index (χ0v) is 12.3. The van der Waals surface area contributed by atoms with Gasteiger partial charge in [-0.3, -0.25) is 0 Å². The summed E-state index contributed by atoms with van der Waals surface area (Å²) in [6.45, 7) is 2.06. The molecule has 0 saturated heterocycles. The smallest absolute Gasteiger partial charge is 0.128 e. The van der Waals surface area contributed by atoms with Gasteiger partial charge < -0.3 is 5.32 Å². The van der Waals surface area contributed by atoms with E-state index in [4.69, 9.17) is 5.26 Å². The SMILES string of the molecule is CSc1nsc(/C=C/Nc2ccc(C)cc2)c1C#N. The second-order valence-corrected chi connectivity index (χ2v) is 5.49. The first-order valence-corrected chi connectivity index (χ1v) is 7.68. The number of nitriles is 1. The molecular formula is C14H13N3S2. The summed E-state index contributed by atoms with van der Waals surface area (Å²) in [5, 5.41) is 13.1. The Kier molecular flexibility index (Phi) is 4.61. The van der Waals surface area contributed by atoms with E-state index in [9.17, 15) is 0 Å². The molecule has 0 radical (unpaired) electrons. The topological polar surface area (TPSA) is 48.7 Å². The molecular weight excluding hydrogens is 274 g/mol. The minimum atomic E-state index is 0.652. The third kappa shape index (κ3) is 3.37. The van der Waals surface area contributed by atoms with Crippen LogP contribution in [0.25, 0.3) is 6.08 Å². The van der Waals surface area contributed by atoms with Crippen molar-refractivity contribution in [2.45, 2.75) is 11.9 Å². The summed E-state index contributed by atoms with van der Waals surface area (Å²) >= 11 is 2.84. The molecule has 0 saturated carbocycles. The Morgan fingerprint density at radius 3 is 2.74 bits per heavy atom. The van der Waals surface area contributed by atoms with Crippen LogP contribution in [0, 0.1) is 18.3 Å². The molecule has 1 aromatic carbocycles. The van der Waals surface area contributed by atoms with Crippen LogP contribution in [-0.2, 0) is 0 Å². The van der Waals surface area contributed by atoms with E-state index in [1.165, 1.54) is 28.9 Å². The Bertz CT molecular complexity index is 621. The number of aromatic nitrogens is 1. The predicted octanol–water partition coefficient (Wildman–Crippen LogP) is 4.13. The number of rotatable bonds is 4. The molecule has 2 rings (SSSR count). The van der Waals surface area contributed by atoms with Gasteiger partial charge >= 0.3 is 0 Å². The van der Waals surface area contributed by atoms with Crippen molar-refractivity contribution in [2.24, 2.45) is 0 Å². The van der Waals surface area contributed by atoms with E-state index in [1.807, 2.05) is 30.7 Å². The number of hydrogen-bond donors (Lipinski definition) is 1. The van der Waals surface area contributed by atoms with E-state index in [2.05, 4.69) is 34.8 Å². The Morgan fingerprint density at radius 2 is 2.11 bits per heavy atom. The highest BCUT2D eigenvalue weighted by atomic mass is 32.2. The molecule has 96 valence electrons. The second kappa shape index (κ2) is 6.41. The third-order valence-corrected chi connectivity index (χ3v) is 4.14. The molecule has 3 nitrogen and oxygen atoms in total. The highest BCUT2D eigenvalue weighted by molar-refractivity contribution is 7.98. The summed E-state index contributed by atoms with van der Waals surface area (Å²) in [6, 6.07) is 10.3. The Hall–Kier alpha value is -1.77. The Morgan fingerprint density at radius 1 is 1.37 bits per heavy atom. The molecule has 0 bridgehead atoms. The maximum absolute atomic E-state index is 9.12. The zero-order chi connectivity index (χ0) is 13.7. The van der Waals surface area contributed by atoms with Crippen LogP contribution in [0.1, 0.15) is 16.0 Å². The first kappa shape index (κ1) is 13.7. The standard InChI is InChI=1S/C14H13N3S2/c1-10-3-5-11(6-4-10)16-8-7-13-12(9-15)14(18-2)17-19-13/h3-8,16H,1-2H3/b8-7+. The highest BCUT2D eigenvalue weighted by Gasteiger charge is 2.09. The minimum Gasteiger partial charge on any atom is -0.362 e. The van der Waals surface area contributed by atoms with Crippen LogP contribution in [0.5, 0.6) is 0 Å². The van der Waals surface area contributed by atoms with Gasteiger partial charge in [0.2, 0.25) is 0 Å². The summed E-state index contributed by atoms with van der Waals surface area (Å²) in [4.78, 5) is 0.881. The summed E-state index contributed by atoms with van der Waals surface area (Å²) in [7, 11) is 0. The summed E-state index contributed by atoms with van der Waals surface area (Å²) in [5.41, 5.74) is 2.91. The number of nitrogens with zero attached hydrogens (tertiary/aromatic N) is 2. The van der Waals surface area contributed by atoms with Crippen LogP contribution in [0.3, 0.4) is 0 Å².